The van der Waals surface area contributed by atoms with Gasteiger partial charge >= 0.3 is 0 Å². The predicted octanol–water partition coefficient (Wildman–Crippen LogP) is 3.62. The molecule has 2 heteroatoms. The highest BCUT2D eigenvalue weighted by Gasteiger charge is 2.24. The van der Waals surface area contributed by atoms with Crippen LogP contribution in [0.4, 0.5) is 4.39 Å². The monoisotopic (exact) mass is 206 g/mol. The lowest BCUT2D eigenvalue weighted by Gasteiger charge is -2.11. The Morgan fingerprint density at radius 3 is 2.67 bits per heavy atom. The molecule has 2 rings (SSSR count). The molecule has 0 N–H and O–H groups in total. The second-order valence-corrected chi connectivity index (χ2v) is 3.82. The average Bonchev–Trinajstić information content (AvgIpc) is 2.68. The molecule has 0 radical (unpaired) electrons. The summed E-state index contributed by atoms with van der Waals surface area (Å²) in [4.78, 5) is 0. The van der Waals surface area contributed by atoms with Crippen molar-refractivity contribution < 1.29 is 9.13 Å². The Kier molecular flexibility index (Phi) is 3.17. The maximum atomic E-state index is 12.7. The van der Waals surface area contributed by atoms with Crippen molar-refractivity contribution in [3.05, 3.63) is 47.8 Å². The van der Waals surface area contributed by atoms with Gasteiger partial charge in [0.15, 0.2) is 0 Å². The first-order valence-electron chi connectivity index (χ1n) is 5.33. The van der Waals surface area contributed by atoms with Crippen molar-refractivity contribution in [1.82, 2.24) is 0 Å². The van der Waals surface area contributed by atoms with Crippen LogP contribution in [0.5, 0.6) is 0 Å². The van der Waals surface area contributed by atoms with Crippen LogP contribution < -0.4 is 0 Å². The van der Waals surface area contributed by atoms with Gasteiger partial charge in [-0.3, -0.25) is 0 Å². The molecule has 0 bridgehead atoms. The first-order valence-corrected chi connectivity index (χ1v) is 5.33. The molecule has 0 saturated carbocycles. The van der Waals surface area contributed by atoms with Crippen LogP contribution in [0.15, 0.2) is 36.4 Å². The zero-order chi connectivity index (χ0) is 10.7. The molecule has 0 aliphatic carbocycles. The number of halogens is 1. The number of ether oxygens (including phenoxy) is 1. The van der Waals surface area contributed by atoms with Crippen molar-refractivity contribution in [2.24, 2.45) is 0 Å². The SMILES string of the molecule is C/C=C/C1CCC(c2ccc(F)cc2)O1. The Morgan fingerprint density at radius 1 is 1.27 bits per heavy atom. The fourth-order valence-corrected chi connectivity index (χ4v) is 1.94. The third-order valence-corrected chi connectivity index (χ3v) is 2.70. The van der Waals surface area contributed by atoms with Crippen molar-refractivity contribution in [3.63, 3.8) is 0 Å². The molecule has 1 aliphatic rings. The van der Waals surface area contributed by atoms with Crippen molar-refractivity contribution in [1.29, 1.82) is 0 Å². The Morgan fingerprint density at radius 2 is 2.00 bits per heavy atom. The summed E-state index contributed by atoms with van der Waals surface area (Å²) in [5.41, 5.74) is 1.07. The summed E-state index contributed by atoms with van der Waals surface area (Å²) in [6.07, 6.45) is 6.51. The summed E-state index contributed by atoms with van der Waals surface area (Å²) >= 11 is 0. The second-order valence-electron chi connectivity index (χ2n) is 3.82. The Balaban J connectivity index is 2.04. The van der Waals surface area contributed by atoms with Crippen LogP contribution in [0, 0.1) is 5.82 Å². The fourth-order valence-electron chi connectivity index (χ4n) is 1.94. The van der Waals surface area contributed by atoms with Gasteiger partial charge in [-0.25, -0.2) is 4.39 Å². The number of hydrogen-bond donors (Lipinski definition) is 0. The van der Waals surface area contributed by atoms with E-state index in [0.717, 1.165) is 18.4 Å². The van der Waals surface area contributed by atoms with Gasteiger partial charge in [-0.15, -0.1) is 0 Å². The van der Waals surface area contributed by atoms with Crippen molar-refractivity contribution in [2.75, 3.05) is 0 Å². The van der Waals surface area contributed by atoms with Gasteiger partial charge in [0, 0.05) is 0 Å². The van der Waals surface area contributed by atoms with E-state index in [-0.39, 0.29) is 18.0 Å². The fraction of sp³-hybridized carbons (Fsp3) is 0.385. The van der Waals surface area contributed by atoms with Crippen LogP contribution in [0.1, 0.15) is 31.4 Å². The van der Waals surface area contributed by atoms with E-state index >= 15 is 0 Å². The van der Waals surface area contributed by atoms with E-state index in [1.807, 2.05) is 13.0 Å². The van der Waals surface area contributed by atoms with Crippen LogP contribution in [0.2, 0.25) is 0 Å². The molecule has 15 heavy (non-hydrogen) atoms. The molecule has 2 unspecified atom stereocenters. The molecule has 1 aliphatic heterocycles. The molecule has 1 aromatic carbocycles. The maximum absolute atomic E-state index is 12.7. The zero-order valence-electron chi connectivity index (χ0n) is 8.82. The number of hydrogen-bond acceptors (Lipinski definition) is 1. The van der Waals surface area contributed by atoms with Crippen LogP contribution in [0.25, 0.3) is 0 Å². The molecule has 0 aromatic heterocycles. The molecule has 1 fully saturated rings. The Labute approximate surface area is 89.6 Å². The van der Waals surface area contributed by atoms with E-state index in [1.54, 1.807) is 12.1 Å². The molecule has 0 spiro atoms. The highest BCUT2D eigenvalue weighted by atomic mass is 19.1. The molecular formula is C13H15FO. The van der Waals surface area contributed by atoms with Gasteiger partial charge in [0.05, 0.1) is 12.2 Å². The third kappa shape index (κ3) is 2.45. The van der Waals surface area contributed by atoms with Crippen molar-refractivity contribution in [3.8, 4) is 0 Å². The topological polar surface area (TPSA) is 9.23 Å². The van der Waals surface area contributed by atoms with E-state index in [2.05, 4.69) is 6.08 Å². The maximum Gasteiger partial charge on any atom is 0.123 e. The highest BCUT2D eigenvalue weighted by molar-refractivity contribution is 5.19. The normalized spacial score (nSPS) is 26.3. The second kappa shape index (κ2) is 4.58. The number of allylic oxidation sites excluding steroid dienone is 1. The van der Waals surface area contributed by atoms with E-state index < -0.39 is 0 Å². The Hall–Kier alpha value is -1.15. The molecule has 1 heterocycles. The smallest absolute Gasteiger partial charge is 0.123 e. The van der Waals surface area contributed by atoms with Crippen molar-refractivity contribution >= 4 is 0 Å². The molecule has 80 valence electrons. The first-order chi connectivity index (χ1) is 7.29. The van der Waals surface area contributed by atoms with E-state index in [9.17, 15) is 4.39 Å². The lowest BCUT2D eigenvalue weighted by atomic mass is 10.1. The van der Waals surface area contributed by atoms with Crippen molar-refractivity contribution in [2.45, 2.75) is 32.0 Å². The zero-order valence-corrected chi connectivity index (χ0v) is 8.82. The minimum absolute atomic E-state index is 0.131. The van der Waals surface area contributed by atoms with Crippen LogP contribution in [-0.2, 0) is 4.74 Å². The van der Waals surface area contributed by atoms with Gasteiger partial charge in [-0.2, -0.15) is 0 Å². The predicted molar refractivity (Wildman–Crippen MR) is 58.1 cm³/mol. The quantitative estimate of drug-likeness (QED) is 0.671. The molecule has 1 saturated heterocycles. The van der Waals surface area contributed by atoms with Gasteiger partial charge in [-0.05, 0) is 37.5 Å². The van der Waals surface area contributed by atoms with Gasteiger partial charge in [0.1, 0.15) is 5.82 Å². The van der Waals surface area contributed by atoms with E-state index in [4.69, 9.17) is 4.74 Å². The summed E-state index contributed by atoms with van der Waals surface area (Å²) in [5.74, 6) is -0.193. The van der Waals surface area contributed by atoms with E-state index in [1.165, 1.54) is 12.1 Å². The minimum atomic E-state index is -0.193. The van der Waals surface area contributed by atoms with Crippen LogP contribution in [-0.4, -0.2) is 6.10 Å². The lowest BCUT2D eigenvalue weighted by Crippen LogP contribution is -2.02. The van der Waals surface area contributed by atoms with Gasteiger partial charge < -0.3 is 4.74 Å². The van der Waals surface area contributed by atoms with Crippen LogP contribution in [0.3, 0.4) is 0 Å². The van der Waals surface area contributed by atoms with Gasteiger partial charge in [0.2, 0.25) is 0 Å². The van der Waals surface area contributed by atoms with Gasteiger partial charge in [-0.1, -0.05) is 24.3 Å². The molecule has 0 amide bonds. The molecule has 1 aromatic rings. The largest absolute Gasteiger partial charge is 0.366 e. The van der Waals surface area contributed by atoms with Gasteiger partial charge in [0.25, 0.3) is 0 Å². The summed E-state index contributed by atoms with van der Waals surface area (Å²) in [6, 6.07) is 6.58. The average molecular weight is 206 g/mol. The molecule has 2 atom stereocenters. The molecular weight excluding hydrogens is 191 g/mol. The van der Waals surface area contributed by atoms with Crippen LogP contribution >= 0.6 is 0 Å². The Bertz CT molecular complexity index is 342. The minimum Gasteiger partial charge on any atom is -0.366 e. The number of rotatable bonds is 2. The van der Waals surface area contributed by atoms with E-state index in [0.29, 0.717) is 0 Å². The third-order valence-electron chi connectivity index (χ3n) is 2.70. The standard InChI is InChI=1S/C13H15FO/c1-2-3-12-8-9-13(15-12)10-4-6-11(14)7-5-10/h2-7,12-13H,8-9H2,1H3/b3-2+. The first kappa shape index (κ1) is 10.4. The molecule has 1 nitrogen and oxygen atoms in total. The summed E-state index contributed by atoms with van der Waals surface area (Å²) in [5, 5.41) is 0. The highest BCUT2D eigenvalue weighted by Crippen LogP contribution is 2.33. The summed E-state index contributed by atoms with van der Waals surface area (Å²) in [6.45, 7) is 1.99. The summed E-state index contributed by atoms with van der Waals surface area (Å²) < 4.78 is 18.5. The number of benzene rings is 1. The summed E-state index contributed by atoms with van der Waals surface area (Å²) in [7, 11) is 0. The lowest BCUT2D eigenvalue weighted by molar-refractivity contribution is 0.0710.